The van der Waals surface area contributed by atoms with Crippen molar-refractivity contribution in [2.24, 2.45) is 0 Å². The summed E-state index contributed by atoms with van der Waals surface area (Å²) in [6.07, 6.45) is 4.27. The van der Waals surface area contributed by atoms with Crippen LogP contribution in [0.1, 0.15) is 54.4 Å². The Balaban J connectivity index is 0.000000753. The van der Waals surface area contributed by atoms with Crippen LogP contribution in [-0.2, 0) is 28.5 Å². The zero-order valence-electron chi connectivity index (χ0n) is 21.7. The molecule has 0 spiro atoms. The summed E-state index contributed by atoms with van der Waals surface area (Å²) < 4.78 is 24.2. The van der Waals surface area contributed by atoms with Crippen molar-refractivity contribution in [2.45, 2.75) is 67.4 Å². The summed E-state index contributed by atoms with van der Waals surface area (Å²) in [5.41, 5.74) is 5.73. The maximum atomic E-state index is 9.38. The number of rotatable bonds is 5. The van der Waals surface area contributed by atoms with E-state index in [1.54, 1.807) is 13.0 Å². The quantitative estimate of drug-likeness (QED) is 0.199. The van der Waals surface area contributed by atoms with Crippen LogP contribution in [0.5, 0.6) is 0 Å². The van der Waals surface area contributed by atoms with Crippen molar-refractivity contribution in [3.8, 4) is 4.20 Å². The number of hydrogen-bond donors (Lipinski definition) is 1. The fraction of sp³-hybridized carbons (Fsp3) is 0.417. The molecular weight excluding hydrogens is 615 g/mol. The van der Waals surface area contributed by atoms with E-state index < -0.39 is 12.7 Å². The monoisotopic (exact) mass is 648 g/mol. The molecule has 0 bridgehead atoms. The summed E-state index contributed by atoms with van der Waals surface area (Å²) in [7, 11) is -1.26. The number of allylic oxidation sites excluding steroid dienone is 1. The van der Waals surface area contributed by atoms with Crippen molar-refractivity contribution in [2.75, 3.05) is 0 Å². The Bertz CT molecular complexity index is 1080. The third kappa shape index (κ3) is 9.48. The first-order chi connectivity index (χ1) is 16.5. The van der Waals surface area contributed by atoms with Crippen LogP contribution >= 0.6 is 0 Å². The summed E-state index contributed by atoms with van der Waals surface area (Å²) in [5, 5.41) is 23.5. The van der Waals surface area contributed by atoms with Gasteiger partial charge in [0.2, 0.25) is 0 Å². The van der Waals surface area contributed by atoms with Crippen LogP contribution in [0.4, 0.5) is 0 Å². The normalized spacial score (nSPS) is 11.8. The van der Waals surface area contributed by atoms with Crippen molar-refractivity contribution in [1.82, 2.24) is 29.1 Å². The molecule has 0 aliphatic rings. The summed E-state index contributed by atoms with van der Waals surface area (Å²) in [5.74, 6) is 0. The van der Waals surface area contributed by atoms with Crippen molar-refractivity contribution < 1.29 is 33.6 Å². The predicted molar refractivity (Wildman–Crippen MR) is 130 cm³/mol. The van der Waals surface area contributed by atoms with Crippen LogP contribution in [0.3, 0.4) is 0 Å². The molecule has 3 aromatic heterocycles. The molecule has 11 heteroatoms. The molecular formula is C24H33BN6O3W. The van der Waals surface area contributed by atoms with Crippen LogP contribution in [0, 0.1) is 59.0 Å². The van der Waals surface area contributed by atoms with Crippen LogP contribution in [0.2, 0.25) is 0 Å². The molecule has 0 saturated carbocycles. The van der Waals surface area contributed by atoms with Gasteiger partial charge in [0, 0.05) is 0 Å². The van der Waals surface area contributed by atoms with Gasteiger partial charge in [0.05, 0.1) is 17.1 Å². The van der Waals surface area contributed by atoms with E-state index in [1.165, 1.54) is 19.2 Å². The van der Waals surface area contributed by atoms with Crippen LogP contribution < -0.4 is 0 Å². The molecule has 186 valence electrons. The second kappa shape index (κ2) is 15.4. The number of aryl methyl sites for hydroxylation is 6. The van der Waals surface area contributed by atoms with Gasteiger partial charge in [0.25, 0.3) is 0 Å². The fourth-order valence-corrected chi connectivity index (χ4v) is 4.88. The van der Waals surface area contributed by atoms with Crippen molar-refractivity contribution >= 4 is 7.12 Å². The average Bonchev–Trinajstić information content (AvgIpc) is 3.42. The number of aromatic nitrogens is 6. The molecule has 3 aromatic rings. The van der Waals surface area contributed by atoms with E-state index in [2.05, 4.69) is 70.3 Å². The average molecular weight is 648 g/mol. The van der Waals surface area contributed by atoms with E-state index in [0.29, 0.717) is 6.42 Å². The molecule has 0 aromatic carbocycles. The fourth-order valence-electron chi connectivity index (χ4n) is 3.83. The Hall–Kier alpha value is -2.66. The molecule has 9 nitrogen and oxygen atoms in total. The Kier molecular flexibility index (Phi) is 14.2. The molecule has 0 fully saturated rings. The van der Waals surface area contributed by atoms with Crippen molar-refractivity contribution in [1.29, 1.82) is 0 Å². The van der Waals surface area contributed by atoms with E-state index in [4.69, 9.17) is 24.6 Å². The molecule has 3 heterocycles. The van der Waals surface area contributed by atoms with Gasteiger partial charge in [0.15, 0.2) is 0 Å². The van der Waals surface area contributed by atoms with Gasteiger partial charge in [-0.3, -0.25) is 0 Å². The molecule has 0 amide bonds. The van der Waals surface area contributed by atoms with Gasteiger partial charge in [-0.25, -0.2) is 15.3 Å². The Labute approximate surface area is 218 Å². The van der Waals surface area contributed by atoms with Gasteiger partial charge in [-0.05, 0) is 76.8 Å². The van der Waals surface area contributed by atoms with Gasteiger partial charge in [-0.15, -0.1) is 0 Å². The molecule has 0 saturated heterocycles. The van der Waals surface area contributed by atoms with Gasteiger partial charge >= 0.3 is 96.2 Å². The first kappa shape index (κ1) is 32.3. The van der Waals surface area contributed by atoms with E-state index in [0.717, 1.165) is 34.2 Å². The number of hydrogen-bond acceptors (Lipinski definition) is 4. The minimum atomic E-state index is -1.26. The Morgan fingerprint density at radius 1 is 0.886 bits per heavy atom. The minimum absolute atomic E-state index is 0.632. The predicted octanol–water partition coefficient (Wildman–Crippen LogP) is 2.92. The Morgan fingerprint density at radius 2 is 1.20 bits per heavy atom. The third-order valence-corrected chi connectivity index (χ3v) is 5.59. The van der Waals surface area contributed by atoms with E-state index in [9.17, 15) is 5.11 Å². The third-order valence-electron chi connectivity index (χ3n) is 5.07. The van der Waals surface area contributed by atoms with E-state index in [-0.39, 0.29) is 0 Å². The zero-order chi connectivity index (χ0) is 27.3. The van der Waals surface area contributed by atoms with Crippen LogP contribution in [0.25, 0.3) is 0 Å². The zero-order valence-corrected chi connectivity index (χ0v) is 24.6. The summed E-state index contributed by atoms with van der Waals surface area (Å²) in [6.45, 7) is 25.0. The second-order valence-electron chi connectivity index (χ2n) is 8.38. The molecule has 35 heavy (non-hydrogen) atoms. The standard InChI is InChI=1S/C15H22BN6.C7H11O.2CO.W/c1-10-7-13(4)20(17-10)16(21-14(5)8-11(2)18-21)22-15(6)9-12(3)19-22;1-4-6-7(3,8)5-2;2*1-2;/h7-9,16H,1-6H3;4,6,8H,5H2,1,3H3;;;/q-1;;;;+1/b;6-4+;;;. The summed E-state index contributed by atoms with van der Waals surface area (Å²) in [6, 6.07) is 6.28. The van der Waals surface area contributed by atoms with E-state index >= 15 is 0 Å². The van der Waals surface area contributed by atoms with Crippen LogP contribution in [0.15, 0.2) is 30.4 Å². The second-order valence-corrected chi connectivity index (χ2v) is 9.42. The molecule has 1 unspecified atom stereocenters. The van der Waals surface area contributed by atoms with Gasteiger partial charge < -0.3 is 13.8 Å². The topological polar surface area (TPSA) is 113 Å². The summed E-state index contributed by atoms with van der Waals surface area (Å²) >= 11 is 1.29. The molecule has 1 N–H and O–H groups in total. The first-order valence-electron chi connectivity index (χ1n) is 10.9. The molecule has 0 aliphatic heterocycles. The molecule has 0 radical (unpaired) electrons. The first-order valence-corrected chi connectivity index (χ1v) is 12.3. The molecule has 0 aliphatic carbocycles. The van der Waals surface area contributed by atoms with Crippen molar-refractivity contribution in [3.63, 3.8) is 0 Å². The van der Waals surface area contributed by atoms with Crippen molar-refractivity contribution in [3.05, 3.63) is 77.8 Å². The molecule has 1 atom stereocenters. The van der Waals surface area contributed by atoms with Gasteiger partial charge in [-0.1, -0.05) is 0 Å². The van der Waals surface area contributed by atoms with Crippen LogP contribution in [-0.4, -0.2) is 46.9 Å². The number of nitrogens with zero attached hydrogens (tertiary/aromatic N) is 6. The SMILES string of the molecule is C/C=C/C(C)(O)C[C]#[W+].Cc1cc(C)n([BH-](n2nc(C)cc2C)n2nc(C)cc2C)n1.[C-]#[O+].[C-]#[O+]. The van der Waals surface area contributed by atoms with E-state index in [1.807, 2.05) is 33.8 Å². The summed E-state index contributed by atoms with van der Waals surface area (Å²) in [4.78, 5) is 0. The Morgan fingerprint density at radius 3 is 1.40 bits per heavy atom. The van der Waals surface area contributed by atoms with Gasteiger partial charge in [-0.2, -0.15) is 0 Å². The maximum absolute atomic E-state index is 9.38. The molecule has 3 rings (SSSR count). The number of aliphatic hydroxyl groups is 1. The van der Waals surface area contributed by atoms with Gasteiger partial charge in [0.1, 0.15) is 0 Å².